The van der Waals surface area contributed by atoms with Crippen LogP contribution in [0.2, 0.25) is 0 Å². The van der Waals surface area contributed by atoms with E-state index in [0.29, 0.717) is 5.92 Å². The van der Waals surface area contributed by atoms with E-state index in [2.05, 4.69) is 44.0 Å². The average Bonchev–Trinajstić information content (AvgIpc) is 2.51. The highest BCUT2D eigenvalue weighted by atomic mass is 14.8. The molecule has 0 saturated heterocycles. The Morgan fingerprint density at radius 2 is 2.21 bits per heavy atom. The summed E-state index contributed by atoms with van der Waals surface area (Å²) in [6, 6.07) is 0. The molecule has 0 aromatic carbocycles. The molecule has 0 amide bonds. The monoisotopic (exact) mass is 187 g/mol. The lowest BCUT2D eigenvalue weighted by molar-refractivity contribution is 0.857. The van der Waals surface area contributed by atoms with Crippen LogP contribution < -0.4 is 0 Å². The van der Waals surface area contributed by atoms with E-state index < -0.39 is 0 Å². The van der Waals surface area contributed by atoms with Gasteiger partial charge in [0.1, 0.15) is 0 Å². The van der Waals surface area contributed by atoms with Gasteiger partial charge < -0.3 is 0 Å². The molecule has 14 heavy (non-hydrogen) atoms. The molecule has 1 heteroatoms. The highest BCUT2D eigenvalue weighted by Crippen LogP contribution is 2.30. The van der Waals surface area contributed by atoms with Crippen molar-refractivity contribution in [1.82, 2.24) is 0 Å². The molecule has 1 atom stereocenters. The fourth-order valence-electron chi connectivity index (χ4n) is 1.84. The van der Waals surface area contributed by atoms with Crippen LogP contribution in [0, 0.1) is 5.92 Å². The van der Waals surface area contributed by atoms with Gasteiger partial charge in [0.2, 0.25) is 0 Å². The molecule has 1 nitrogen and oxygen atoms in total. The smallest absolute Gasteiger partial charge is 0.0631 e. The molecular formula is C13H17N. The number of fused-ring (bicyclic) bond motifs is 1. The number of nitrogens with zero attached hydrogens (tertiary/aromatic N) is 1. The van der Waals surface area contributed by atoms with Gasteiger partial charge in [0.25, 0.3) is 0 Å². The van der Waals surface area contributed by atoms with E-state index in [0.717, 1.165) is 12.8 Å². The summed E-state index contributed by atoms with van der Waals surface area (Å²) >= 11 is 0. The van der Waals surface area contributed by atoms with Crippen molar-refractivity contribution in [1.29, 1.82) is 0 Å². The maximum absolute atomic E-state index is 4.65. The number of aliphatic imine (C=N–C) groups is 1. The molecule has 1 aliphatic heterocycles. The minimum Gasteiger partial charge on any atom is -0.258 e. The lowest BCUT2D eigenvalue weighted by Crippen LogP contribution is -1.90. The summed E-state index contributed by atoms with van der Waals surface area (Å²) in [6.07, 6.45) is 8.88. The first-order valence-corrected chi connectivity index (χ1v) is 5.36. The highest BCUT2D eigenvalue weighted by molar-refractivity contribution is 5.92. The highest BCUT2D eigenvalue weighted by Gasteiger charge is 2.18. The van der Waals surface area contributed by atoms with Crippen LogP contribution in [0.1, 0.15) is 33.6 Å². The maximum atomic E-state index is 4.65. The summed E-state index contributed by atoms with van der Waals surface area (Å²) < 4.78 is 0. The molecule has 0 aromatic heterocycles. The second-order valence-electron chi connectivity index (χ2n) is 4.15. The molecule has 1 unspecified atom stereocenters. The maximum Gasteiger partial charge on any atom is 0.0631 e. The lowest BCUT2D eigenvalue weighted by atomic mass is 10.0. The predicted molar refractivity (Wildman–Crippen MR) is 61.4 cm³/mol. The van der Waals surface area contributed by atoms with Crippen LogP contribution in [0.3, 0.4) is 0 Å². The Labute approximate surface area is 85.9 Å². The van der Waals surface area contributed by atoms with Crippen LogP contribution in [0.25, 0.3) is 0 Å². The summed E-state index contributed by atoms with van der Waals surface area (Å²) in [7, 11) is 0. The second-order valence-corrected chi connectivity index (χ2v) is 4.15. The van der Waals surface area contributed by atoms with Crippen LogP contribution in [0.15, 0.2) is 40.1 Å². The third-order valence-electron chi connectivity index (χ3n) is 3.08. The van der Waals surface area contributed by atoms with E-state index in [-0.39, 0.29) is 0 Å². The average molecular weight is 187 g/mol. The van der Waals surface area contributed by atoms with Crippen molar-refractivity contribution in [3.8, 4) is 0 Å². The summed E-state index contributed by atoms with van der Waals surface area (Å²) in [6.45, 7) is 6.59. The molecule has 0 aromatic rings. The molecule has 1 heterocycles. The molecule has 2 aliphatic rings. The van der Waals surface area contributed by atoms with E-state index in [9.17, 15) is 0 Å². The first-order valence-electron chi connectivity index (χ1n) is 5.36. The zero-order valence-corrected chi connectivity index (χ0v) is 9.17. The van der Waals surface area contributed by atoms with E-state index in [4.69, 9.17) is 0 Å². The first kappa shape index (κ1) is 9.45. The van der Waals surface area contributed by atoms with Crippen molar-refractivity contribution in [2.24, 2.45) is 10.9 Å². The molecule has 1 aliphatic carbocycles. The van der Waals surface area contributed by atoms with Crippen LogP contribution in [-0.2, 0) is 0 Å². The standard InChI is InChI=1S/C13H17N/c1-4-12-8-11-6-5-9(2)10(3)7-13(11)14-12/h5-7,10H,4,8H2,1-3H3. The molecule has 0 spiro atoms. The molecular weight excluding hydrogens is 170 g/mol. The Hall–Kier alpha value is -1.11. The van der Waals surface area contributed by atoms with Crippen LogP contribution >= 0.6 is 0 Å². The van der Waals surface area contributed by atoms with Crippen molar-refractivity contribution in [3.63, 3.8) is 0 Å². The van der Waals surface area contributed by atoms with E-state index >= 15 is 0 Å². The molecule has 0 saturated carbocycles. The Morgan fingerprint density at radius 3 is 2.93 bits per heavy atom. The van der Waals surface area contributed by atoms with E-state index in [1.165, 1.54) is 22.6 Å². The van der Waals surface area contributed by atoms with Gasteiger partial charge in [-0.1, -0.05) is 37.6 Å². The van der Waals surface area contributed by atoms with Gasteiger partial charge in [0, 0.05) is 12.1 Å². The van der Waals surface area contributed by atoms with Crippen molar-refractivity contribution in [2.75, 3.05) is 0 Å². The minimum atomic E-state index is 0.527. The molecule has 0 N–H and O–H groups in total. The van der Waals surface area contributed by atoms with E-state index in [1.54, 1.807) is 0 Å². The minimum absolute atomic E-state index is 0.527. The van der Waals surface area contributed by atoms with Gasteiger partial charge in [-0.25, -0.2) is 0 Å². The Morgan fingerprint density at radius 1 is 1.43 bits per heavy atom. The molecule has 0 fully saturated rings. The van der Waals surface area contributed by atoms with Crippen LogP contribution in [0.4, 0.5) is 0 Å². The summed E-state index contributed by atoms with van der Waals surface area (Å²) in [4.78, 5) is 4.65. The number of allylic oxidation sites excluding steroid dienone is 5. The van der Waals surface area contributed by atoms with Crippen molar-refractivity contribution in [2.45, 2.75) is 33.6 Å². The summed E-state index contributed by atoms with van der Waals surface area (Å²) in [5, 5.41) is 0. The summed E-state index contributed by atoms with van der Waals surface area (Å²) in [5.41, 5.74) is 5.35. The zero-order chi connectivity index (χ0) is 10.1. The quantitative estimate of drug-likeness (QED) is 0.594. The van der Waals surface area contributed by atoms with Crippen LogP contribution in [-0.4, -0.2) is 5.71 Å². The number of hydrogen-bond acceptors (Lipinski definition) is 1. The third-order valence-corrected chi connectivity index (χ3v) is 3.08. The fraction of sp³-hybridized carbons (Fsp3) is 0.462. The fourth-order valence-corrected chi connectivity index (χ4v) is 1.84. The van der Waals surface area contributed by atoms with Gasteiger partial charge in [-0.15, -0.1) is 0 Å². The van der Waals surface area contributed by atoms with Crippen LogP contribution in [0.5, 0.6) is 0 Å². The van der Waals surface area contributed by atoms with Gasteiger partial charge in [0.15, 0.2) is 0 Å². The largest absolute Gasteiger partial charge is 0.258 e. The van der Waals surface area contributed by atoms with Gasteiger partial charge in [0.05, 0.1) is 5.70 Å². The number of hydrogen-bond donors (Lipinski definition) is 0. The molecule has 0 bridgehead atoms. The number of rotatable bonds is 1. The Balaban J connectivity index is 2.35. The van der Waals surface area contributed by atoms with Gasteiger partial charge in [-0.05, 0) is 24.8 Å². The molecule has 2 rings (SSSR count). The normalized spacial score (nSPS) is 25.8. The van der Waals surface area contributed by atoms with Gasteiger partial charge in [-0.3, -0.25) is 4.99 Å². The SMILES string of the molecule is CCC1=NC2=CC(C)C(C)=CC=C2C1. The van der Waals surface area contributed by atoms with Gasteiger partial charge >= 0.3 is 0 Å². The first-order chi connectivity index (χ1) is 6.70. The predicted octanol–water partition coefficient (Wildman–Crippen LogP) is 3.65. The van der Waals surface area contributed by atoms with Crippen molar-refractivity contribution >= 4 is 5.71 Å². The van der Waals surface area contributed by atoms with Crippen molar-refractivity contribution in [3.05, 3.63) is 35.1 Å². The van der Waals surface area contributed by atoms with Crippen molar-refractivity contribution < 1.29 is 0 Å². The molecule has 74 valence electrons. The summed E-state index contributed by atoms with van der Waals surface area (Å²) in [5.74, 6) is 0.527. The zero-order valence-electron chi connectivity index (χ0n) is 9.17. The van der Waals surface area contributed by atoms with Gasteiger partial charge in [-0.2, -0.15) is 0 Å². The van der Waals surface area contributed by atoms with E-state index in [1.807, 2.05) is 0 Å². The second kappa shape index (κ2) is 3.56. The lowest BCUT2D eigenvalue weighted by Gasteiger charge is -2.04. The third kappa shape index (κ3) is 1.59. The Kier molecular flexibility index (Phi) is 2.40. The molecule has 0 radical (unpaired) electrons. The Bertz CT molecular complexity index is 367. The topological polar surface area (TPSA) is 12.4 Å².